The third-order valence-electron chi connectivity index (χ3n) is 3.01. The molecule has 0 saturated heterocycles. The largest absolute Gasteiger partial charge is 0.478 e. The summed E-state index contributed by atoms with van der Waals surface area (Å²) in [4.78, 5) is 22.5. The van der Waals surface area contributed by atoms with Crippen molar-refractivity contribution in [1.29, 1.82) is 0 Å². The second-order valence-corrected chi connectivity index (χ2v) is 6.58. The molecule has 0 amide bonds. The highest BCUT2D eigenvalue weighted by atomic mass is 35.5. The molecular weight excluding hydrogens is 335 g/mol. The normalized spacial score (nSPS) is 10.6. The van der Waals surface area contributed by atoms with E-state index in [1.807, 2.05) is 0 Å². The SMILES string of the molecule is O=C(O)c1cccc(C(=O)O)c1CCc1cc(Cl)sc1Cl. The van der Waals surface area contributed by atoms with Crippen LogP contribution in [-0.4, -0.2) is 22.2 Å². The summed E-state index contributed by atoms with van der Waals surface area (Å²) in [6, 6.07) is 5.92. The van der Waals surface area contributed by atoms with Crippen LogP contribution >= 0.6 is 34.5 Å². The summed E-state index contributed by atoms with van der Waals surface area (Å²) in [5, 5.41) is 18.4. The maximum atomic E-state index is 11.2. The van der Waals surface area contributed by atoms with Crippen LogP contribution < -0.4 is 0 Å². The Hall–Kier alpha value is -1.56. The maximum absolute atomic E-state index is 11.2. The molecule has 4 nitrogen and oxygen atoms in total. The van der Waals surface area contributed by atoms with E-state index in [-0.39, 0.29) is 23.1 Å². The molecule has 110 valence electrons. The van der Waals surface area contributed by atoms with Gasteiger partial charge >= 0.3 is 11.9 Å². The average Bonchev–Trinajstić information content (AvgIpc) is 2.73. The number of aryl methyl sites for hydroxylation is 1. The van der Waals surface area contributed by atoms with E-state index < -0.39 is 11.9 Å². The fourth-order valence-corrected chi connectivity index (χ4v) is 3.61. The Labute approximate surface area is 134 Å². The van der Waals surface area contributed by atoms with Crippen molar-refractivity contribution in [3.63, 3.8) is 0 Å². The topological polar surface area (TPSA) is 74.6 Å². The molecule has 2 rings (SSSR count). The highest BCUT2D eigenvalue weighted by molar-refractivity contribution is 7.20. The molecule has 7 heteroatoms. The lowest BCUT2D eigenvalue weighted by Crippen LogP contribution is -2.10. The summed E-state index contributed by atoms with van der Waals surface area (Å²) in [6.45, 7) is 0. The first-order valence-corrected chi connectivity index (χ1v) is 7.49. The Kier molecular flexibility index (Phi) is 4.88. The fraction of sp³-hybridized carbons (Fsp3) is 0.143. The first-order valence-electron chi connectivity index (χ1n) is 5.92. The molecule has 0 saturated carbocycles. The van der Waals surface area contributed by atoms with Gasteiger partial charge in [-0.05, 0) is 42.2 Å². The number of hydrogen-bond acceptors (Lipinski definition) is 3. The van der Waals surface area contributed by atoms with Crippen molar-refractivity contribution in [2.45, 2.75) is 12.8 Å². The van der Waals surface area contributed by atoms with Gasteiger partial charge in [-0.25, -0.2) is 9.59 Å². The summed E-state index contributed by atoms with van der Waals surface area (Å²) in [7, 11) is 0. The summed E-state index contributed by atoms with van der Waals surface area (Å²) in [5.74, 6) is -2.30. The number of halogens is 2. The number of carboxylic acid groups (broad SMARTS) is 2. The molecule has 0 spiro atoms. The molecule has 0 aliphatic carbocycles. The van der Waals surface area contributed by atoms with Crippen LogP contribution in [0.3, 0.4) is 0 Å². The van der Waals surface area contributed by atoms with E-state index in [9.17, 15) is 19.8 Å². The molecule has 21 heavy (non-hydrogen) atoms. The Morgan fingerprint density at radius 3 is 2.05 bits per heavy atom. The third kappa shape index (κ3) is 3.56. The van der Waals surface area contributed by atoms with E-state index in [2.05, 4.69) is 0 Å². The van der Waals surface area contributed by atoms with Gasteiger partial charge in [0.25, 0.3) is 0 Å². The van der Waals surface area contributed by atoms with Crippen LogP contribution in [0.1, 0.15) is 31.8 Å². The monoisotopic (exact) mass is 344 g/mol. The standard InChI is InChI=1S/C14H10Cl2O4S/c15-11-6-7(12(16)21-11)4-5-8-9(13(17)18)2-1-3-10(8)14(19)20/h1-3,6H,4-5H2,(H,17,18)(H,19,20). The van der Waals surface area contributed by atoms with Crippen molar-refractivity contribution in [3.8, 4) is 0 Å². The second kappa shape index (κ2) is 6.47. The van der Waals surface area contributed by atoms with Crippen LogP contribution in [0.4, 0.5) is 0 Å². The minimum atomic E-state index is -1.15. The van der Waals surface area contributed by atoms with Crippen molar-refractivity contribution in [1.82, 2.24) is 0 Å². The molecule has 2 aromatic rings. The predicted molar refractivity (Wildman–Crippen MR) is 82.1 cm³/mol. The molecule has 1 aromatic carbocycles. The van der Waals surface area contributed by atoms with Gasteiger partial charge in [0.05, 0.1) is 19.8 Å². The Morgan fingerprint density at radius 2 is 1.62 bits per heavy atom. The molecule has 0 atom stereocenters. The quantitative estimate of drug-likeness (QED) is 0.850. The fourth-order valence-electron chi connectivity index (χ4n) is 2.06. The van der Waals surface area contributed by atoms with Crippen molar-refractivity contribution in [2.75, 3.05) is 0 Å². The first kappa shape index (κ1) is 15.8. The zero-order valence-corrected chi connectivity index (χ0v) is 12.9. The summed E-state index contributed by atoms with van der Waals surface area (Å²) < 4.78 is 1.07. The zero-order chi connectivity index (χ0) is 15.6. The molecule has 0 aliphatic rings. The molecule has 1 aromatic heterocycles. The molecule has 0 unspecified atom stereocenters. The van der Waals surface area contributed by atoms with Crippen molar-refractivity contribution < 1.29 is 19.8 Å². The van der Waals surface area contributed by atoms with Crippen LogP contribution in [0.5, 0.6) is 0 Å². The Morgan fingerprint density at radius 1 is 1.05 bits per heavy atom. The Bertz CT molecular complexity index is 677. The Balaban J connectivity index is 2.35. The maximum Gasteiger partial charge on any atom is 0.335 e. The highest BCUT2D eigenvalue weighted by Crippen LogP contribution is 2.32. The van der Waals surface area contributed by atoms with Gasteiger partial charge in [-0.15, -0.1) is 11.3 Å². The van der Waals surface area contributed by atoms with Gasteiger partial charge in [0, 0.05) is 0 Å². The van der Waals surface area contributed by atoms with E-state index in [1.165, 1.54) is 29.5 Å². The van der Waals surface area contributed by atoms with Crippen LogP contribution in [0.2, 0.25) is 8.67 Å². The number of benzene rings is 1. The molecule has 0 radical (unpaired) electrons. The van der Waals surface area contributed by atoms with Crippen LogP contribution in [-0.2, 0) is 12.8 Å². The van der Waals surface area contributed by atoms with Gasteiger partial charge in [-0.3, -0.25) is 0 Å². The molecule has 1 heterocycles. The van der Waals surface area contributed by atoms with Crippen molar-refractivity contribution in [2.24, 2.45) is 0 Å². The predicted octanol–water partition coefficient (Wildman–Crippen LogP) is 4.24. The van der Waals surface area contributed by atoms with E-state index in [0.717, 1.165) is 5.56 Å². The van der Waals surface area contributed by atoms with E-state index in [4.69, 9.17) is 23.2 Å². The third-order valence-corrected chi connectivity index (χ3v) is 4.58. The number of carbonyl (C=O) groups is 2. The van der Waals surface area contributed by atoms with Gasteiger partial charge in [0.15, 0.2) is 0 Å². The van der Waals surface area contributed by atoms with Gasteiger partial charge in [-0.1, -0.05) is 29.3 Å². The molecular formula is C14H10Cl2O4S. The minimum absolute atomic E-state index is 0.00708. The van der Waals surface area contributed by atoms with Gasteiger partial charge < -0.3 is 10.2 Å². The number of thiophene rings is 1. The summed E-state index contributed by atoms with van der Waals surface area (Å²) in [6.07, 6.45) is 0.684. The van der Waals surface area contributed by atoms with Crippen LogP contribution in [0, 0.1) is 0 Å². The van der Waals surface area contributed by atoms with E-state index in [1.54, 1.807) is 6.07 Å². The molecule has 0 aliphatic heterocycles. The molecule has 0 bridgehead atoms. The minimum Gasteiger partial charge on any atom is -0.478 e. The van der Waals surface area contributed by atoms with Crippen LogP contribution in [0.15, 0.2) is 24.3 Å². The first-order chi connectivity index (χ1) is 9.90. The lowest BCUT2D eigenvalue weighted by Gasteiger charge is -2.09. The lowest BCUT2D eigenvalue weighted by molar-refractivity contribution is 0.0695. The summed E-state index contributed by atoms with van der Waals surface area (Å²) in [5.41, 5.74) is 1.05. The average molecular weight is 345 g/mol. The molecule has 0 fully saturated rings. The lowest BCUT2D eigenvalue weighted by atomic mass is 9.95. The second-order valence-electron chi connectivity index (χ2n) is 4.29. The number of aromatic carboxylic acids is 2. The van der Waals surface area contributed by atoms with E-state index in [0.29, 0.717) is 15.1 Å². The van der Waals surface area contributed by atoms with Crippen molar-refractivity contribution in [3.05, 3.63) is 55.2 Å². The van der Waals surface area contributed by atoms with Gasteiger partial charge in [-0.2, -0.15) is 0 Å². The zero-order valence-electron chi connectivity index (χ0n) is 10.6. The number of rotatable bonds is 5. The van der Waals surface area contributed by atoms with Gasteiger partial charge in [0.1, 0.15) is 0 Å². The number of hydrogen-bond donors (Lipinski definition) is 2. The van der Waals surface area contributed by atoms with E-state index >= 15 is 0 Å². The summed E-state index contributed by atoms with van der Waals surface area (Å²) >= 11 is 13.1. The highest BCUT2D eigenvalue weighted by Gasteiger charge is 2.18. The van der Waals surface area contributed by atoms with Crippen LogP contribution in [0.25, 0.3) is 0 Å². The smallest absolute Gasteiger partial charge is 0.335 e. The molecule has 2 N–H and O–H groups in total. The van der Waals surface area contributed by atoms with Gasteiger partial charge in [0.2, 0.25) is 0 Å². The van der Waals surface area contributed by atoms with Crippen molar-refractivity contribution >= 4 is 46.5 Å². The number of carboxylic acids is 2.